The molecule has 0 spiro atoms. The van der Waals surface area contributed by atoms with Crippen molar-refractivity contribution in [1.29, 1.82) is 0 Å². The molecule has 0 bridgehead atoms. The van der Waals surface area contributed by atoms with E-state index >= 15 is 0 Å². The van der Waals surface area contributed by atoms with Gasteiger partial charge in [-0.25, -0.2) is 0 Å². The Hall–Kier alpha value is -1.59. The predicted octanol–water partition coefficient (Wildman–Crippen LogP) is 2.85. The molecule has 21 heavy (non-hydrogen) atoms. The first kappa shape index (κ1) is 17.5. The lowest BCUT2D eigenvalue weighted by atomic mass is 9.82. The van der Waals surface area contributed by atoms with Crippen LogP contribution >= 0.6 is 0 Å². The van der Waals surface area contributed by atoms with Crippen LogP contribution in [0, 0.1) is 11.3 Å². The number of hydrogen-bond acceptors (Lipinski definition) is 6. The van der Waals surface area contributed by atoms with Crippen molar-refractivity contribution in [2.75, 3.05) is 42.2 Å². The third-order valence-corrected chi connectivity index (χ3v) is 3.94. The van der Waals surface area contributed by atoms with Gasteiger partial charge < -0.3 is 15.5 Å². The van der Waals surface area contributed by atoms with Crippen LogP contribution in [0.5, 0.6) is 0 Å². The minimum atomic E-state index is 0.258. The molecule has 0 amide bonds. The summed E-state index contributed by atoms with van der Waals surface area (Å²) in [7, 11) is 1.82. The van der Waals surface area contributed by atoms with Gasteiger partial charge in [-0.1, -0.05) is 27.7 Å². The van der Waals surface area contributed by atoms with Crippen molar-refractivity contribution >= 4 is 17.8 Å². The van der Waals surface area contributed by atoms with Gasteiger partial charge in [0.05, 0.1) is 0 Å². The zero-order valence-electron chi connectivity index (χ0n) is 14.5. The SMILES string of the molecule is CCN(CC)c1nc(NC)nc(NCC(C)C(C)(C)C)n1. The Kier molecular flexibility index (Phi) is 6.18. The van der Waals surface area contributed by atoms with Crippen LogP contribution in [0.25, 0.3) is 0 Å². The molecule has 1 unspecified atom stereocenters. The van der Waals surface area contributed by atoms with Gasteiger partial charge in [0.1, 0.15) is 0 Å². The lowest BCUT2D eigenvalue weighted by Gasteiger charge is -2.27. The van der Waals surface area contributed by atoms with Crippen LogP contribution in [0.15, 0.2) is 0 Å². The molecule has 6 heteroatoms. The maximum Gasteiger partial charge on any atom is 0.231 e. The summed E-state index contributed by atoms with van der Waals surface area (Å²) in [6.45, 7) is 15.8. The molecule has 0 aliphatic rings. The highest BCUT2D eigenvalue weighted by molar-refractivity contribution is 5.43. The monoisotopic (exact) mass is 294 g/mol. The van der Waals surface area contributed by atoms with Gasteiger partial charge in [0.25, 0.3) is 0 Å². The van der Waals surface area contributed by atoms with Crippen LogP contribution in [0.4, 0.5) is 17.8 Å². The summed E-state index contributed by atoms with van der Waals surface area (Å²) in [5, 5.41) is 6.34. The lowest BCUT2D eigenvalue weighted by molar-refractivity contribution is 0.274. The van der Waals surface area contributed by atoms with Crippen LogP contribution in [0.3, 0.4) is 0 Å². The molecule has 1 rings (SSSR count). The van der Waals surface area contributed by atoms with E-state index in [1.165, 1.54) is 0 Å². The van der Waals surface area contributed by atoms with Crippen LogP contribution in [-0.2, 0) is 0 Å². The highest BCUT2D eigenvalue weighted by atomic mass is 15.3. The molecule has 2 N–H and O–H groups in total. The summed E-state index contributed by atoms with van der Waals surface area (Å²) in [5.41, 5.74) is 0.258. The Morgan fingerprint density at radius 3 is 2.10 bits per heavy atom. The predicted molar refractivity (Wildman–Crippen MR) is 90.0 cm³/mol. The van der Waals surface area contributed by atoms with Gasteiger partial charge >= 0.3 is 0 Å². The molecule has 0 radical (unpaired) electrons. The van der Waals surface area contributed by atoms with Crippen LogP contribution < -0.4 is 15.5 Å². The summed E-state index contributed by atoms with van der Waals surface area (Å²) in [5.74, 6) is 2.46. The average Bonchev–Trinajstić information content (AvgIpc) is 2.44. The fourth-order valence-electron chi connectivity index (χ4n) is 1.75. The van der Waals surface area contributed by atoms with Crippen LogP contribution in [0.2, 0.25) is 0 Å². The molecule has 1 heterocycles. The molecular formula is C15H30N6. The third-order valence-electron chi connectivity index (χ3n) is 3.94. The largest absolute Gasteiger partial charge is 0.357 e. The van der Waals surface area contributed by atoms with Gasteiger partial charge in [-0.15, -0.1) is 0 Å². The Morgan fingerprint density at radius 1 is 1.05 bits per heavy atom. The number of nitrogens with one attached hydrogen (secondary N) is 2. The second kappa shape index (κ2) is 7.43. The van der Waals surface area contributed by atoms with Crippen LogP contribution in [-0.4, -0.2) is 41.6 Å². The Balaban J connectivity index is 2.89. The minimum absolute atomic E-state index is 0.258. The zero-order valence-corrected chi connectivity index (χ0v) is 14.5. The molecule has 0 aliphatic heterocycles. The van der Waals surface area contributed by atoms with Gasteiger partial charge in [-0.2, -0.15) is 15.0 Å². The van der Waals surface area contributed by atoms with Crippen molar-refractivity contribution in [2.45, 2.75) is 41.5 Å². The van der Waals surface area contributed by atoms with E-state index in [1.807, 2.05) is 7.05 Å². The fourth-order valence-corrected chi connectivity index (χ4v) is 1.75. The van der Waals surface area contributed by atoms with Crippen molar-refractivity contribution in [1.82, 2.24) is 15.0 Å². The number of nitrogens with zero attached hydrogens (tertiary/aromatic N) is 4. The molecule has 1 aromatic rings. The number of anilines is 3. The van der Waals surface area contributed by atoms with Gasteiger partial charge in [-0.3, -0.25) is 0 Å². The first-order valence-corrected chi connectivity index (χ1v) is 7.74. The molecule has 1 atom stereocenters. The summed E-state index contributed by atoms with van der Waals surface area (Å²) < 4.78 is 0. The molecule has 1 aromatic heterocycles. The topological polar surface area (TPSA) is 66.0 Å². The van der Waals surface area contributed by atoms with Gasteiger partial charge in [-0.05, 0) is 25.2 Å². The Labute approximate surface area is 128 Å². The van der Waals surface area contributed by atoms with E-state index in [4.69, 9.17) is 0 Å². The maximum atomic E-state index is 4.53. The smallest absolute Gasteiger partial charge is 0.231 e. The quantitative estimate of drug-likeness (QED) is 0.806. The summed E-state index contributed by atoms with van der Waals surface area (Å²) in [4.78, 5) is 15.5. The second-order valence-electron chi connectivity index (χ2n) is 6.35. The molecular weight excluding hydrogens is 264 g/mol. The van der Waals surface area contributed by atoms with E-state index in [0.29, 0.717) is 23.8 Å². The van der Waals surface area contributed by atoms with Gasteiger partial charge in [0, 0.05) is 26.7 Å². The average molecular weight is 294 g/mol. The fraction of sp³-hybridized carbons (Fsp3) is 0.800. The van der Waals surface area contributed by atoms with Gasteiger partial charge in [0.2, 0.25) is 17.8 Å². The minimum Gasteiger partial charge on any atom is -0.357 e. The summed E-state index contributed by atoms with van der Waals surface area (Å²) >= 11 is 0. The molecule has 6 nitrogen and oxygen atoms in total. The van der Waals surface area contributed by atoms with E-state index in [1.54, 1.807) is 0 Å². The number of rotatable bonds is 7. The van der Waals surface area contributed by atoms with Crippen LogP contribution in [0.1, 0.15) is 41.5 Å². The molecule has 120 valence electrons. The van der Waals surface area contributed by atoms with Crippen molar-refractivity contribution in [2.24, 2.45) is 11.3 Å². The standard InChI is InChI=1S/C15H30N6/c1-8-21(9-2)14-19-12(16-7)18-13(20-14)17-10-11(3)15(4,5)6/h11H,8-10H2,1-7H3,(H2,16,17,18,19,20). The third kappa shape index (κ3) is 5.02. The van der Waals surface area contributed by atoms with E-state index in [0.717, 1.165) is 19.6 Å². The molecule has 0 saturated heterocycles. The van der Waals surface area contributed by atoms with Crippen molar-refractivity contribution in [3.63, 3.8) is 0 Å². The molecule has 0 saturated carbocycles. The van der Waals surface area contributed by atoms with Crippen molar-refractivity contribution in [3.8, 4) is 0 Å². The number of hydrogen-bond donors (Lipinski definition) is 2. The summed E-state index contributed by atoms with van der Waals surface area (Å²) in [6, 6.07) is 0. The first-order valence-electron chi connectivity index (χ1n) is 7.74. The van der Waals surface area contributed by atoms with E-state index in [2.05, 4.69) is 72.0 Å². The maximum absolute atomic E-state index is 4.53. The molecule has 0 aromatic carbocycles. The molecule has 0 aliphatic carbocycles. The second-order valence-corrected chi connectivity index (χ2v) is 6.35. The first-order chi connectivity index (χ1) is 9.81. The Bertz CT molecular complexity index is 436. The highest BCUT2D eigenvalue weighted by Crippen LogP contribution is 2.25. The number of aromatic nitrogens is 3. The molecule has 0 fully saturated rings. The van der Waals surface area contributed by atoms with Crippen molar-refractivity contribution < 1.29 is 0 Å². The lowest BCUT2D eigenvalue weighted by Crippen LogP contribution is -2.27. The van der Waals surface area contributed by atoms with Crippen molar-refractivity contribution in [3.05, 3.63) is 0 Å². The van der Waals surface area contributed by atoms with E-state index in [-0.39, 0.29) is 5.41 Å². The summed E-state index contributed by atoms with van der Waals surface area (Å²) in [6.07, 6.45) is 0. The Morgan fingerprint density at radius 2 is 1.62 bits per heavy atom. The van der Waals surface area contributed by atoms with E-state index in [9.17, 15) is 0 Å². The highest BCUT2D eigenvalue weighted by Gasteiger charge is 2.20. The zero-order chi connectivity index (χ0) is 16.0. The van der Waals surface area contributed by atoms with Gasteiger partial charge in [0.15, 0.2) is 0 Å². The normalized spacial score (nSPS) is 12.9. The van der Waals surface area contributed by atoms with E-state index < -0.39 is 0 Å².